The van der Waals surface area contributed by atoms with Gasteiger partial charge in [0.25, 0.3) is 5.56 Å². The summed E-state index contributed by atoms with van der Waals surface area (Å²) in [5.41, 5.74) is 0.661. The van der Waals surface area contributed by atoms with Gasteiger partial charge in [-0.05, 0) is 19.3 Å². The maximum atomic E-state index is 12.1. The summed E-state index contributed by atoms with van der Waals surface area (Å²) in [6.45, 7) is 2.79. The van der Waals surface area contributed by atoms with Crippen molar-refractivity contribution < 1.29 is 4.79 Å². The highest BCUT2D eigenvalue weighted by Gasteiger charge is 2.39. The number of aromatic nitrogens is 3. The van der Waals surface area contributed by atoms with Gasteiger partial charge in [-0.25, -0.2) is 4.98 Å². The van der Waals surface area contributed by atoms with Gasteiger partial charge in [-0.2, -0.15) is 4.52 Å². The molecule has 1 unspecified atom stereocenters. The van der Waals surface area contributed by atoms with E-state index in [0.717, 1.165) is 37.9 Å². The molecule has 2 fully saturated rings. The minimum Gasteiger partial charge on any atom is -0.355 e. The fourth-order valence-corrected chi connectivity index (χ4v) is 3.94. The van der Waals surface area contributed by atoms with E-state index in [9.17, 15) is 9.59 Å². The standard InChI is InChI=1S/C15H19N5O2S/c1-2-3-9-6-13(22)20-15(17-9)23-14(18-20)16-10-7-12(21)19(8-10)11-4-5-11/h6,10-11H,2-5,7-8H2,1H3,(H,16,18). The van der Waals surface area contributed by atoms with Gasteiger partial charge >= 0.3 is 0 Å². The van der Waals surface area contributed by atoms with Crippen LogP contribution >= 0.6 is 11.3 Å². The molecule has 122 valence electrons. The van der Waals surface area contributed by atoms with Crippen molar-refractivity contribution in [2.24, 2.45) is 0 Å². The molecule has 2 aromatic heterocycles. The first kappa shape index (κ1) is 14.6. The zero-order valence-electron chi connectivity index (χ0n) is 13.0. The van der Waals surface area contributed by atoms with Crippen LogP contribution in [0.1, 0.15) is 38.3 Å². The summed E-state index contributed by atoms with van der Waals surface area (Å²) < 4.78 is 1.33. The van der Waals surface area contributed by atoms with Gasteiger partial charge in [-0.15, -0.1) is 5.10 Å². The number of aryl methyl sites for hydroxylation is 1. The molecule has 1 N–H and O–H groups in total. The molecule has 3 heterocycles. The monoisotopic (exact) mass is 333 g/mol. The van der Waals surface area contributed by atoms with Gasteiger partial charge in [0.15, 0.2) is 0 Å². The summed E-state index contributed by atoms with van der Waals surface area (Å²) in [6, 6.07) is 2.06. The summed E-state index contributed by atoms with van der Waals surface area (Å²) in [6.07, 6.45) is 4.49. The van der Waals surface area contributed by atoms with Gasteiger partial charge in [-0.1, -0.05) is 24.7 Å². The number of amides is 1. The second-order valence-electron chi connectivity index (χ2n) is 6.26. The third-order valence-electron chi connectivity index (χ3n) is 4.28. The Hall–Kier alpha value is -1.96. The second kappa shape index (κ2) is 5.59. The van der Waals surface area contributed by atoms with Crippen molar-refractivity contribution in [1.82, 2.24) is 19.5 Å². The van der Waals surface area contributed by atoms with Crippen molar-refractivity contribution in [1.29, 1.82) is 0 Å². The SMILES string of the molecule is CCCc1cc(=O)n2nc(NC3CC(=O)N(C4CC4)C3)sc2n1. The predicted octanol–water partition coefficient (Wildman–Crippen LogP) is 1.28. The molecule has 7 nitrogen and oxygen atoms in total. The van der Waals surface area contributed by atoms with Crippen LogP contribution in [-0.2, 0) is 11.2 Å². The number of rotatable bonds is 5. The molecule has 0 spiro atoms. The molecule has 0 bridgehead atoms. The zero-order valence-corrected chi connectivity index (χ0v) is 13.8. The minimum atomic E-state index is -0.148. The lowest BCUT2D eigenvalue weighted by atomic mass is 10.2. The number of fused-ring (bicyclic) bond motifs is 1. The Morgan fingerprint density at radius 3 is 2.96 bits per heavy atom. The van der Waals surface area contributed by atoms with Crippen LogP contribution in [0.4, 0.5) is 5.13 Å². The van der Waals surface area contributed by atoms with Crippen LogP contribution in [0.5, 0.6) is 0 Å². The molecule has 8 heteroatoms. The molecule has 2 aliphatic rings. The van der Waals surface area contributed by atoms with Crippen LogP contribution in [-0.4, -0.2) is 44.0 Å². The molecule has 1 atom stereocenters. The summed E-state index contributed by atoms with van der Waals surface area (Å²) in [4.78, 5) is 31.2. The molecule has 1 amide bonds. The Bertz CT molecular complexity index is 810. The van der Waals surface area contributed by atoms with E-state index in [1.807, 2.05) is 4.90 Å². The first-order valence-electron chi connectivity index (χ1n) is 8.10. The van der Waals surface area contributed by atoms with Gasteiger partial charge in [0.05, 0.1) is 6.04 Å². The third kappa shape index (κ3) is 2.83. The van der Waals surface area contributed by atoms with Crippen LogP contribution in [0.15, 0.2) is 10.9 Å². The van der Waals surface area contributed by atoms with E-state index in [-0.39, 0.29) is 17.5 Å². The maximum absolute atomic E-state index is 12.1. The number of hydrogen-bond donors (Lipinski definition) is 1. The van der Waals surface area contributed by atoms with Crippen molar-refractivity contribution in [3.05, 3.63) is 22.1 Å². The molecular formula is C15H19N5O2S. The number of nitrogens with one attached hydrogen (secondary N) is 1. The van der Waals surface area contributed by atoms with Crippen molar-refractivity contribution in [2.45, 2.75) is 51.1 Å². The summed E-state index contributed by atoms with van der Waals surface area (Å²) in [5.74, 6) is 0.214. The third-order valence-corrected chi connectivity index (χ3v) is 5.12. The molecule has 0 aromatic carbocycles. The second-order valence-corrected chi connectivity index (χ2v) is 7.22. The first-order valence-corrected chi connectivity index (χ1v) is 8.91. The first-order chi connectivity index (χ1) is 11.1. The van der Waals surface area contributed by atoms with Crippen LogP contribution in [0, 0.1) is 0 Å². The predicted molar refractivity (Wildman–Crippen MR) is 87.9 cm³/mol. The van der Waals surface area contributed by atoms with Crippen molar-refractivity contribution in [3.8, 4) is 0 Å². The van der Waals surface area contributed by atoms with E-state index >= 15 is 0 Å². The zero-order chi connectivity index (χ0) is 16.0. The molecule has 2 aromatic rings. The van der Waals surface area contributed by atoms with Crippen molar-refractivity contribution in [3.63, 3.8) is 0 Å². The maximum Gasteiger partial charge on any atom is 0.275 e. The highest BCUT2D eigenvalue weighted by Crippen LogP contribution is 2.31. The average molecular weight is 333 g/mol. The van der Waals surface area contributed by atoms with E-state index < -0.39 is 0 Å². The Morgan fingerprint density at radius 2 is 2.22 bits per heavy atom. The molecule has 1 saturated heterocycles. The fraction of sp³-hybridized carbons (Fsp3) is 0.600. The lowest BCUT2D eigenvalue weighted by molar-refractivity contribution is -0.128. The van der Waals surface area contributed by atoms with Gasteiger partial charge in [-0.3, -0.25) is 9.59 Å². The molecule has 0 radical (unpaired) electrons. The van der Waals surface area contributed by atoms with Gasteiger partial charge in [0, 0.05) is 30.8 Å². The quantitative estimate of drug-likeness (QED) is 0.891. The Kier molecular flexibility index (Phi) is 3.56. The Labute approximate surface area is 137 Å². The van der Waals surface area contributed by atoms with Gasteiger partial charge in [0.1, 0.15) is 0 Å². The fourth-order valence-electron chi connectivity index (χ4n) is 3.04. The summed E-state index contributed by atoms with van der Waals surface area (Å²) in [7, 11) is 0. The lowest BCUT2D eigenvalue weighted by Crippen LogP contribution is -2.29. The number of anilines is 1. The number of nitrogens with zero attached hydrogens (tertiary/aromatic N) is 4. The summed E-state index contributed by atoms with van der Waals surface area (Å²) in [5, 5.41) is 8.26. The van der Waals surface area contributed by atoms with Crippen molar-refractivity contribution in [2.75, 3.05) is 11.9 Å². The van der Waals surface area contributed by atoms with Crippen LogP contribution < -0.4 is 10.9 Å². The van der Waals surface area contributed by atoms with E-state index in [1.165, 1.54) is 15.9 Å². The van der Waals surface area contributed by atoms with E-state index in [1.54, 1.807) is 6.07 Å². The summed E-state index contributed by atoms with van der Waals surface area (Å²) >= 11 is 1.36. The number of carbonyl (C=O) groups excluding carboxylic acids is 1. The molecule has 1 saturated carbocycles. The minimum absolute atomic E-state index is 0.0643. The average Bonchev–Trinajstić information content (AvgIpc) is 3.16. The molecule has 23 heavy (non-hydrogen) atoms. The molecule has 1 aliphatic carbocycles. The lowest BCUT2D eigenvalue weighted by Gasteiger charge is -2.15. The Balaban J connectivity index is 1.54. The largest absolute Gasteiger partial charge is 0.355 e. The number of likely N-dealkylation sites (tertiary alicyclic amines) is 1. The van der Waals surface area contributed by atoms with Crippen LogP contribution in [0.2, 0.25) is 0 Å². The van der Waals surface area contributed by atoms with E-state index in [2.05, 4.69) is 22.3 Å². The van der Waals surface area contributed by atoms with E-state index in [0.29, 0.717) is 22.6 Å². The molecule has 1 aliphatic heterocycles. The van der Waals surface area contributed by atoms with Crippen LogP contribution in [0.3, 0.4) is 0 Å². The Morgan fingerprint density at radius 1 is 1.39 bits per heavy atom. The van der Waals surface area contributed by atoms with Crippen molar-refractivity contribution >= 4 is 27.3 Å². The normalized spacial score (nSPS) is 21.3. The van der Waals surface area contributed by atoms with Gasteiger partial charge in [0.2, 0.25) is 16.0 Å². The van der Waals surface area contributed by atoms with E-state index in [4.69, 9.17) is 0 Å². The topological polar surface area (TPSA) is 79.6 Å². The number of hydrogen-bond acceptors (Lipinski definition) is 6. The highest BCUT2D eigenvalue weighted by atomic mass is 32.1. The van der Waals surface area contributed by atoms with Crippen LogP contribution in [0.25, 0.3) is 4.96 Å². The smallest absolute Gasteiger partial charge is 0.275 e. The highest BCUT2D eigenvalue weighted by molar-refractivity contribution is 7.20. The molecule has 4 rings (SSSR count). The number of carbonyl (C=O) groups is 1. The van der Waals surface area contributed by atoms with Gasteiger partial charge < -0.3 is 10.2 Å². The molecular weight excluding hydrogens is 314 g/mol.